The highest BCUT2D eigenvalue weighted by Gasteiger charge is 2.33. The van der Waals surface area contributed by atoms with Crippen molar-refractivity contribution in [1.29, 1.82) is 0 Å². The molecule has 1 aliphatic heterocycles. The first-order chi connectivity index (χ1) is 14.3. The third-order valence-electron chi connectivity index (χ3n) is 4.06. The second-order valence-corrected chi connectivity index (χ2v) is 6.36. The van der Waals surface area contributed by atoms with Crippen LogP contribution in [-0.4, -0.2) is 35.9 Å². The van der Waals surface area contributed by atoms with Gasteiger partial charge >= 0.3 is 11.9 Å². The minimum absolute atomic E-state index is 0.229. The van der Waals surface area contributed by atoms with Gasteiger partial charge in [0, 0.05) is 31.9 Å². The summed E-state index contributed by atoms with van der Waals surface area (Å²) in [5.74, 6) is -0.0485. The molecule has 0 saturated carbocycles. The van der Waals surface area contributed by atoms with Crippen LogP contribution in [-0.2, 0) is 19.1 Å². The van der Waals surface area contributed by atoms with E-state index in [0.717, 1.165) is 0 Å². The fourth-order valence-corrected chi connectivity index (χ4v) is 2.81. The lowest BCUT2D eigenvalue weighted by molar-refractivity contribution is -0.135. The third kappa shape index (κ3) is 4.57. The van der Waals surface area contributed by atoms with Crippen LogP contribution in [0.3, 0.4) is 0 Å². The van der Waals surface area contributed by atoms with Crippen molar-refractivity contribution in [2.75, 3.05) is 7.11 Å². The monoisotopic (exact) mass is 412 g/mol. The van der Waals surface area contributed by atoms with Gasteiger partial charge in [-0.1, -0.05) is 0 Å². The first-order valence-electron chi connectivity index (χ1n) is 8.98. The van der Waals surface area contributed by atoms with E-state index < -0.39 is 18.2 Å². The van der Waals surface area contributed by atoms with E-state index in [1.54, 1.807) is 42.5 Å². The molecule has 0 spiro atoms. The molecule has 156 valence electrons. The molecule has 1 amide bonds. The Hall–Kier alpha value is -3.88. The maximum atomic E-state index is 12.1. The van der Waals surface area contributed by atoms with Gasteiger partial charge in [-0.25, -0.2) is 0 Å². The van der Waals surface area contributed by atoms with Gasteiger partial charge in [-0.15, -0.1) is 5.10 Å². The fraction of sp³-hybridized carbons (Fsp3) is 0.238. The van der Waals surface area contributed by atoms with Crippen molar-refractivity contribution in [1.82, 2.24) is 5.01 Å². The van der Waals surface area contributed by atoms with Crippen LogP contribution in [0.1, 0.15) is 38.1 Å². The van der Waals surface area contributed by atoms with Crippen LogP contribution in [0, 0.1) is 0 Å². The van der Waals surface area contributed by atoms with E-state index in [1.165, 1.54) is 32.9 Å². The number of amides is 1. The standard InChI is InChI=1S/C21H20N2O7/c1-12(24)23-21(16-7-10-18(29-14(3)26)19(11-16)27-4)30-20(22-23)15-5-8-17(9-6-15)28-13(2)25/h5-11,21H,1-4H3/t21-/m0/s1. The lowest BCUT2D eigenvalue weighted by atomic mass is 10.1. The summed E-state index contributed by atoms with van der Waals surface area (Å²) in [5.41, 5.74) is 1.18. The van der Waals surface area contributed by atoms with Crippen molar-refractivity contribution in [2.24, 2.45) is 5.10 Å². The van der Waals surface area contributed by atoms with Gasteiger partial charge in [0.05, 0.1) is 7.11 Å². The predicted molar refractivity (Wildman–Crippen MR) is 105 cm³/mol. The zero-order valence-electron chi connectivity index (χ0n) is 16.9. The van der Waals surface area contributed by atoms with Crippen molar-refractivity contribution >= 4 is 23.7 Å². The number of hydrogen-bond acceptors (Lipinski definition) is 8. The van der Waals surface area contributed by atoms with E-state index >= 15 is 0 Å². The van der Waals surface area contributed by atoms with Crippen molar-refractivity contribution in [2.45, 2.75) is 27.0 Å². The molecule has 0 unspecified atom stereocenters. The topological polar surface area (TPSA) is 104 Å². The van der Waals surface area contributed by atoms with Crippen LogP contribution >= 0.6 is 0 Å². The van der Waals surface area contributed by atoms with Gasteiger partial charge in [-0.2, -0.15) is 5.01 Å². The molecule has 0 bridgehead atoms. The highest BCUT2D eigenvalue weighted by Crippen LogP contribution is 2.36. The Morgan fingerprint density at radius 3 is 2.17 bits per heavy atom. The number of methoxy groups -OCH3 is 1. The van der Waals surface area contributed by atoms with Gasteiger partial charge in [0.2, 0.25) is 18.0 Å². The molecule has 0 saturated heterocycles. The average molecular weight is 412 g/mol. The number of benzene rings is 2. The maximum absolute atomic E-state index is 12.1. The van der Waals surface area contributed by atoms with E-state index in [0.29, 0.717) is 22.6 Å². The molecule has 0 aromatic heterocycles. The third-order valence-corrected chi connectivity index (χ3v) is 4.06. The smallest absolute Gasteiger partial charge is 0.308 e. The number of hydrazone groups is 1. The van der Waals surface area contributed by atoms with Crippen LogP contribution in [0.2, 0.25) is 0 Å². The summed E-state index contributed by atoms with van der Waals surface area (Å²) in [6.45, 7) is 3.98. The van der Waals surface area contributed by atoms with Crippen molar-refractivity contribution < 1.29 is 33.3 Å². The lowest BCUT2D eigenvalue weighted by Gasteiger charge is -2.20. The van der Waals surface area contributed by atoms with Gasteiger partial charge < -0.3 is 18.9 Å². The molecule has 2 aromatic rings. The number of ether oxygens (including phenoxy) is 4. The first kappa shape index (κ1) is 20.8. The van der Waals surface area contributed by atoms with E-state index in [2.05, 4.69) is 5.10 Å². The van der Waals surface area contributed by atoms with E-state index in [1.807, 2.05) is 0 Å². The summed E-state index contributed by atoms with van der Waals surface area (Å²) in [6.07, 6.45) is -0.828. The lowest BCUT2D eigenvalue weighted by Crippen LogP contribution is -2.25. The molecule has 0 aliphatic carbocycles. The van der Waals surface area contributed by atoms with Gasteiger partial charge in [0.25, 0.3) is 0 Å². The number of rotatable bonds is 5. The molecular formula is C21H20N2O7. The number of carbonyl (C=O) groups is 3. The summed E-state index contributed by atoms with van der Waals surface area (Å²) in [6, 6.07) is 11.4. The summed E-state index contributed by atoms with van der Waals surface area (Å²) in [5, 5.41) is 5.48. The Labute approximate surface area is 172 Å². The molecule has 2 aromatic carbocycles. The molecule has 9 nitrogen and oxygen atoms in total. The number of hydrogen-bond donors (Lipinski definition) is 0. The van der Waals surface area contributed by atoms with E-state index in [4.69, 9.17) is 18.9 Å². The quantitative estimate of drug-likeness (QED) is 0.549. The molecule has 0 N–H and O–H groups in total. The normalized spacial score (nSPS) is 15.1. The second-order valence-electron chi connectivity index (χ2n) is 6.36. The SMILES string of the molecule is COc1cc([C@@H]2OC(c3ccc(OC(C)=O)cc3)=NN2C(C)=O)ccc1OC(C)=O. The summed E-state index contributed by atoms with van der Waals surface area (Å²) in [4.78, 5) is 34.4. The molecule has 1 heterocycles. The Balaban J connectivity index is 1.87. The van der Waals surface area contributed by atoms with Gasteiger partial charge in [-0.05, 0) is 42.5 Å². The minimum atomic E-state index is -0.828. The number of nitrogens with zero attached hydrogens (tertiary/aromatic N) is 2. The van der Waals surface area contributed by atoms with Crippen LogP contribution in [0.5, 0.6) is 17.2 Å². The molecule has 0 radical (unpaired) electrons. The Morgan fingerprint density at radius 1 is 0.933 bits per heavy atom. The summed E-state index contributed by atoms with van der Waals surface area (Å²) < 4.78 is 21.3. The molecule has 1 aliphatic rings. The van der Waals surface area contributed by atoms with Crippen LogP contribution in [0.4, 0.5) is 0 Å². The summed E-state index contributed by atoms with van der Waals surface area (Å²) >= 11 is 0. The maximum Gasteiger partial charge on any atom is 0.308 e. The van der Waals surface area contributed by atoms with Crippen molar-refractivity contribution in [3.8, 4) is 17.2 Å². The molecule has 0 fully saturated rings. The molecule has 1 atom stereocenters. The highest BCUT2D eigenvalue weighted by atomic mass is 16.6. The van der Waals surface area contributed by atoms with Crippen molar-refractivity contribution in [3.05, 3.63) is 53.6 Å². The summed E-state index contributed by atoms with van der Waals surface area (Å²) in [7, 11) is 1.44. The van der Waals surface area contributed by atoms with Gasteiger partial charge in [0.15, 0.2) is 11.5 Å². The highest BCUT2D eigenvalue weighted by molar-refractivity contribution is 5.96. The predicted octanol–water partition coefficient (Wildman–Crippen LogP) is 2.78. The van der Waals surface area contributed by atoms with Crippen LogP contribution in [0.15, 0.2) is 47.6 Å². The molecule has 30 heavy (non-hydrogen) atoms. The van der Waals surface area contributed by atoms with E-state index in [-0.39, 0.29) is 17.6 Å². The van der Waals surface area contributed by atoms with Crippen LogP contribution < -0.4 is 14.2 Å². The first-order valence-corrected chi connectivity index (χ1v) is 8.98. The van der Waals surface area contributed by atoms with Crippen LogP contribution in [0.25, 0.3) is 0 Å². The number of esters is 2. The zero-order chi connectivity index (χ0) is 21.8. The van der Waals surface area contributed by atoms with Gasteiger partial charge in [0.1, 0.15) is 5.75 Å². The Morgan fingerprint density at radius 2 is 1.60 bits per heavy atom. The zero-order valence-corrected chi connectivity index (χ0v) is 16.9. The molecule has 3 rings (SSSR count). The van der Waals surface area contributed by atoms with Gasteiger partial charge in [-0.3, -0.25) is 14.4 Å². The number of carbonyl (C=O) groups excluding carboxylic acids is 3. The molecule has 9 heteroatoms. The Bertz CT molecular complexity index is 1010. The van der Waals surface area contributed by atoms with E-state index in [9.17, 15) is 14.4 Å². The Kier molecular flexibility index (Phi) is 6.01. The minimum Gasteiger partial charge on any atom is -0.493 e. The second kappa shape index (κ2) is 8.64. The average Bonchev–Trinajstić information content (AvgIpc) is 3.14. The van der Waals surface area contributed by atoms with Crippen molar-refractivity contribution in [3.63, 3.8) is 0 Å². The largest absolute Gasteiger partial charge is 0.493 e. The molecular weight excluding hydrogens is 392 g/mol. The fourth-order valence-electron chi connectivity index (χ4n) is 2.81.